The monoisotopic (exact) mass is 493 g/mol. The minimum atomic E-state index is -3.78. The Hall–Kier alpha value is -3.42. The smallest absolute Gasteiger partial charge is 0.263 e. The van der Waals surface area contributed by atoms with Crippen LogP contribution in [0.15, 0.2) is 64.6 Å². The van der Waals surface area contributed by atoms with E-state index in [1.807, 2.05) is 6.07 Å². The highest BCUT2D eigenvalue weighted by Crippen LogP contribution is 2.27. The molecule has 3 aromatic rings. The highest BCUT2D eigenvalue weighted by Gasteiger charge is 2.17. The predicted molar refractivity (Wildman–Crippen MR) is 131 cm³/mol. The minimum Gasteiger partial charge on any atom is -0.326 e. The fraction of sp³-hybridized carbons (Fsp3) is 0.250. The fourth-order valence-electron chi connectivity index (χ4n) is 3.61. The quantitative estimate of drug-likeness (QED) is 0.452. The summed E-state index contributed by atoms with van der Waals surface area (Å²) in [6, 6.07) is 15.0. The van der Waals surface area contributed by atoms with Crippen LogP contribution >= 0.6 is 11.8 Å². The molecule has 1 aromatic carbocycles. The Morgan fingerprint density at radius 2 is 1.91 bits per heavy atom. The van der Waals surface area contributed by atoms with Crippen LogP contribution in [0.25, 0.3) is 0 Å². The normalized spacial score (nSPS) is 12.9. The van der Waals surface area contributed by atoms with Gasteiger partial charge in [0.15, 0.2) is 0 Å². The molecule has 2 heterocycles. The van der Waals surface area contributed by atoms with Gasteiger partial charge in [0.25, 0.3) is 10.0 Å². The number of carbonyl (C=O) groups is 1. The molecule has 0 fully saturated rings. The van der Waals surface area contributed by atoms with Crippen molar-refractivity contribution in [3.05, 3.63) is 71.5 Å². The number of aryl methyl sites for hydroxylation is 2. The molecule has 1 aliphatic carbocycles. The van der Waals surface area contributed by atoms with E-state index in [2.05, 4.69) is 26.1 Å². The number of hydrogen-bond donors (Lipinski definition) is 2. The first-order valence-corrected chi connectivity index (χ1v) is 13.3. The van der Waals surface area contributed by atoms with Crippen molar-refractivity contribution in [3.63, 3.8) is 0 Å². The molecule has 1 aliphatic rings. The highest BCUT2D eigenvalue weighted by molar-refractivity contribution is 7.99. The largest absolute Gasteiger partial charge is 0.326 e. The standard InChI is InChI=1S/C24H23N5O3S2/c25-16-18-15-17-5-1-2-6-21(17)28-24(18)33-14-12-23(30)27-19-8-10-20(11-9-19)34(31,32)29-22-7-3-4-13-26-22/h3-4,7-11,13,15H,1-2,5-6,12,14H2,(H,26,29)(H,27,30). The summed E-state index contributed by atoms with van der Waals surface area (Å²) in [5, 5.41) is 12.9. The van der Waals surface area contributed by atoms with Gasteiger partial charge in [-0.05, 0) is 73.7 Å². The van der Waals surface area contributed by atoms with Crippen LogP contribution in [0.2, 0.25) is 0 Å². The topological polar surface area (TPSA) is 125 Å². The van der Waals surface area contributed by atoms with E-state index in [9.17, 15) is 18.5 Å². The summed E-state index contributed by atoms with van der Waals surface area (Å²) in [4.78, 5) is 21.1. The maximum Gasteiger partial charge on any atom is 0.263 e. The minimum absolute atomic E-state index is 0.0641. The number of nitriles is 1. The second kappa shape index (κ2) is 10.7. The Morgan fingerprint density at radius 1 is 1.12 bits per heavy atom. The molecule has 0 aliphatic heterocycles. The van der Waals surface area contributed by atoms with Crippen molar-refractivity contribution in [1.29, 1.82) is 5.26 Å². The van der Waals surface area contributed by atoms with Crippen LogP contribution in [0.4, 0.5) is 11.5 Å². The number of benzene rings is 1. The molecule has 4 rings (SSSR count). The predicted octanol–water partition coefficient (Wildman–Crippen LogP) is 4.15. The third-order valence-electron chi connectivity index (χ3n) is 5.31. The molecule has 2 N–H and O–H groups in total. The van der Waals surface area contributed by atoms with Gasteiger partial charge in [0.1, 0.15) is 16.9 Å². The van der Waals surface area contributed by atoms with Gasteiger partial charge in [-0.1, -0.05) is 6.07 Å². The summed E-state index contributed by atoms with van der Waals surface area (Å²) in [6.45, 7) is 0. The van der Waals surface area contributed by atoms with Crippen LogP contribution in [0, 0.1) is 11.3 Å². The van der Waals surface area contributed by atoms with Gasteiger partial charge < -0.3 is 5.32 Å². The molecule has 2 aromatic heterocycles. The number of sulfonamides is 1. The molecule has 174 valence electrons. The first kappa shape index (κ1) is 23.7. The highest BCUT2D eigenvalue weighted by atomic mass is 32.2. The Kier molecular flexibility index (Phi) is 7.45. The summed E-state index contributed by atoms with van der Waals surface area (Å²) < 4.78 is 27.4. The van der Waals surface area contributed by atoms with Crippen molar-refractivity contribution in [2.45, 2.75) is 42.0 Å². The van der Waals surface area contributed by atoms with E-state index in [0.29, 0.717) is 22.0 Å². The first-order chi connectivity index (χ1) is 16.4. The molecule has 34 heavy (non-hydrogen) atoms. The third-order valence-corrected chi connectivity index (χ3v) is 7.67. The van der Waals surface area contributed by atoms with Gasteiger partial charge in [-0.2, -0.15) is 5.26 Å². The summed E-state index contributed by atoms with van der Waals surface area (Å²) in [5.74, 6) is 0.503. The van der Waals surface area contributed by atoms with Crippen molar-refractivity contribution in [2.75, 3.05) is 15.8 Å². The van der Waals surface area contributed by atoms with E-state index in [0.717, 1.165) is 36.9 Å². The van der Waals surface area contributed by atoms with Crippen molar-refractivity contribution in [1.82, 2.24) is 9.97 Å². The molecular formula is C24H23N5O3S2. The second-order valence-corrected chi connectivity index (χ2v) is 10.5. The Bertz CT molecular complexity index is 1320. The number of anilines is 2. The molecule has 8 nitrogen and oxygen atoms in total. The molecule has 0 saturated heterocycles. The van der Waals surface area contributed by atoms with Crippen LogP contribution in [0.5, 0.6) is 0 Å². The van der Waals surface area contributed by atoms with E-state index >= 15 is 0 Å². The molecular weight excluding hydrogens is 470 g/mol. The lowest BCUT2D eigenvalue weighted by atomic mass is 9.95. The van der Waals surface area contributed by atoms with Crippen LogP contribution in [0.1, 0.15) is 36.1 Å². The van der Waals surface area contributed by atoms with E-state index in [1.165, 1.54) is 42.2 Å². The van der Waals surface area contributed by atoms with Crippen molar-refractivity contribution < 1.29 is 13.2 Å². The number of fused-ring (bicyclic) bond motifs is 1. The van der Waals surface area contributed by atoms with Crippen LogP contribution in [0.3, 0.4) is 0 Å². The number of aromatic nitrogens is 2. The number of rotatable bonds is 8. The molecule has 0 unspecified atom stereocenters. The maximum absolute atomic E-state index is 12.5. The lowest BCUT2D eigenvalue weighted by molar-refractivity contribution is -0.115. The van der Waals surface area contributed by atoms with E-state index in [1.54, 1.807) is 18.2 Å². The molecule has 0 radical (unpaired) electrons. The zero-order chi connectivity index (χ0) is 24.0. The number of nitrogens with zero attached hydrogens (tertiary/aromatic N) is 3. The van der Waals surface area contributed by atoms with Gasteiger partial charge in [0.2, 0.25) is 5.91 Å². The molecule has 1 amide bonds. The lowest BCUT2D eigenvalue weighted by Crippen LogP contribution is -2.15. The molecule has 0 atom stereocenters. The fourth-order valence-corrected chi connectivity index (χ4v) is 5.53. The third kappa shape index (κ3) is 5.92. The summed E-state index contributed by atoms with van der Waals surface area (Å²) in [7, 11) is -3.78. The van der Waals surface area contributed by atoms with Crippen LogP contribution < -0.4 is 10.0 Å². The average molecular weight is 494 g/mol. The summed E-state index contributed by atoms with van der Waals surface area (Å²) in [6.07, 6.45) is 5.85. The number of amides is 1. The van der Waals surface area contributed by atoms with E-state index < -0.39 is 10.0 Å². The van der Waals surface area contributed by atoms with Gasteiger partial charge in [0, 0.05) is 29.8 Å². The molecule has 0 saturated carbocycles. The average Bonchev–Trinajstić information content (AvgIpc) is 2.84. The summed E-state index contributed by atoms with van der Waals surface area (Å²) >= 11 is 1.40. The van der Waals surface area contributed by atoms with E-state index in [4.69, 9.17) is 0 Å². The first-order valence-electron chi connectivity index (χ1n) is 10.8. The summed E-state index contributed by atoms with van der Waals surface area (Å²) in [5.41, 5.74) is 3.27. The van der Waals surface area contributed by atoms with Gasteiger partial charge in [0.05, 0.1) is 10.5 Å². The molecule has 10 heteroatoms. The van der Waals surface area contributed by atoms with Crippen molar-refractivity contribution in [3.8, 4) is 6.07 Å². The Morgan fingerprint density at radius 3 is 2.65 bits per heavy atom. The van der Waals surface area contributed by atoms with Gasteiger partial charge in [-0.15, -0.1) is 11.8 Å². The molecule has 0 bridgehead atoms. The zero-order valence-electron chi connectivity index (χ0n) is 18.3. The Labute approximate surface area is 202 Å². The number of carbonyl (C=O) groups excluding carboxylic acids is 1. The van der Waals surface area contributed by atoms with E-state index in [-0.39, 0.29) is 23.0 Å². The van der Waals surface area contributed by atoms with Gasteiger partial charge in [-0.3, -0.25) is 9.52 Å². The SMILES string of the molecule is N#Cc1cc2c(nc1SCCC(=O)Nc1ccc(S(=O)(=O)Nc3ccccn3)cc1)CCCC2. The number of hydrogen-bond acceptors (Lipinski definition) is 7. The van der Waals surface area contributed by atoms with Gasteiger partial charge in [-0.25, -0.2) is 18.4 Å². The van der Waals surface area contributed by atoms with Crippen molar-refractivity contribution in [2.24, 2.45) is 0 Å². The van der Waals surface area contributed by atoms with Crippen molar-refractivity contribution >= 4 is 39.2 Å². The number of thioether (sulfide) groups is 1. The number of pyridine rings is 2. The van der Waals surface area contributed by atoms with Crippen LogP contribution in [-0.2, 0) is 27.7 Å². The second-order valence-electron chi connectivity index (χ2n) is 7.76. The molecule has 0 spiro atoms. The Balaban J connectivity index is 1.31. The van der Waals surface area contributed by atoms with Crippen LogP contribution in [-0.4, -0.2) is 30.0 Å². The maximum atomic E-state index is 12.5. The lowest BCUT2D eigenvalue weighted by Gasteiger charge is -2.16. The number of nitrogens with one attached hydrogen (secondary N) is 2. The zero-order valence-corrected chi connectivity index (χ0v) is 20.0. The van der Waals surface area contributed by atoms with Gasteiger partial charge >= 0.3 is 0 Å².